The van der Waals surface area contributed by atoms with E-state index in [1.807, 2.05) is 71.6 Å². The van der Waals surface area contributed by atoms with E-state index in [0.717, 1.165) is 24.2 Å². The Morgan fingerprint density at radius 1 is 0.758 bits per heavy atom. The first-order chi connectivity index (χ1) is 16.2. The summed E-state index contributed by atoms with van der Waals surface area (Å²) in [6.45, 7) is 2.90. The molecule has 5 nitrogen and oxygen atoms in total. The van der Waals surface area contributed by atoms with Gasteiger partial charge in [-0.25, -0.2) is 9.97 Å². The Labute approximate surface area is 196 Å². The Balaban J connectivity index is 1.43. The fourth-order valence-electron chi connectivity index (χ4n) is 4.18. The molecule has 0 bridgehead atoms. The molecule has 1 saturated heterocycles. The quantitative estimate of drug-likeness (QED) is 0.434. The molecule has 0 saturated carbocycles. The van der Waals surface area contributed by atoms with Crippen LogP contribution >= 0.6 is 9.24 Å². The molecule has 164 valence electrons. The van der Waals surface area contributed by atoms with Gasteiger partial charge in [0, 0.05) is 49.2 Å². The molecule has 1 unspecified atom stereocenters. The molecular weight excluding hydrogens is 427 g/mol. The number of amides is 1. The van der Waals surface area contributed by atoms with Gasteiger partial charge in [0.25, 0.3) is 5.91 Å². The van der Waals surface area contributed by atoms with Crippen LogP contribution in [0.2, 0.25) is 0 Å². The highest BCUT2D eigenvalue weighted by molar-refractivity contribution is 7.28. The Kier molecular flexibility index (Phi) is 6.14. The zero-order valence-electron chi connectivity index (χ0n) is 18.3. The van der Waals surface area contributed by atoms with E-state index in [-0.39, 0.29) is 5.91 Å². The molecule has 0 radical (unpaired) electrons. The maximum Gasteiger partial charge on any atom is 0.257 e. The molecule has 1 aliphatic rings. The second-order valence-electron chi connectivity index (χ2n) is 8.03. The monoisotopic (exact) mass is 452 g/mol. The number of hydrogen-bond acceptors (Lipinski definition) is 4. The minimum absolute atomic E-state index is 0.0210. The number of hydrogen-bond donors (Lipinski definition) is 0. The number of benzene rings is 3. The Hall–Kier alpha value is -3.56. The van der Waals surface area contributed by atoms with Crippen LogP contribution in [0.4, 0.5) is 5.69 Å². The summed E-state index contributed by atoms with van der Waals surface area (Å²) >= 11 is 0. The summed E-state index contributed by atoms with van der Waals surface area (Å²) in [6.07, 6.45) is 1.68. The van der Waals surface area contributed by atoms with E-state index in [1.165, 1.54) is 11.0 Å². The van der Waals surface area contributed by atoms with Gasteiger partial charge in [-0.3, -0.25) is 4.79 Å². The standard InChI is InChI=1S/C27H25N4OP/c32-27(31-17-15-30(16-18-31)23-13-7-8-14-24(23)33)22-19-28-26(21-11-5-2-6-12-21)29-25(22)20-9-3-1-4-10-20/h1-14,19H,15-18,33H2. The predicted octanol–water partition coefficient (Wildman–Crippen LogP) is 4.27. The lowest BCUT2D eigenvalue weighted by molar-refractivity contribution is 0.0747. The van der Waals surface area contributed by atoms with Crippen molar-refractivity contribution >= 4 is 26.1 Å². The molecule has 6 heteroatoms. The largest absolute Gasteiger partial charge is 0.367 e. The zero-order chi connectivity index (χ0) is 22.6. The Morgan fingerprint density at radius 2 is 1.36 bits per heavy atom. The van der Waals surface area contributed by atoms with Crippen LogP contribution in [0.15, 0.2) is 91.1 Å². The lowest BCUT2D eigenvalue weighted by Crippen LogP contribution is -2.49. The summed E-state index contributed by atoms with van der Waals surface area (Å²) in [5.74, 6) is 0.597. The van der Waals surface area contributed by atoms with Crippen molar-refractivity contribution in [2.45, 2.75) is 0 Å². The van der Waals surface area contributed by atoms with E-state index in [9.17, 15) is 4.79 Å². The van der Waals surface area contributed by atoms with Crippen LogP contribution in [0, 0.1) is 0 Å². The number of rotatable bonds is 4. The van der Waals surface area contributed by atoms with E-state index in [1.54, 1.807) is 6.20 Å². The lowest BCUT2D eigenvalue weighted by atomic mass is 10.0. The molecule has 4 aromatic rings. The molecular formula is C27H25N4OP. The molecule has 5 rings (SSSR count). The van der Waals surface area contributed by atoms with Crippen LogP contribution in [0.25, 0.3) is 22.6 Å². The molecule has 0 N–H and O–H groups in total. The van der Waals surface area contributed by atoms with Gasteiger partial charge in [0.2, 0.25) is 0 Å². The number of carbonyl (C=O) groups is 1. The lowest BCUT2D eigenvalue weighted by Gasteiger charge is -2.37. The van der Waals surface area contributed by atoms with Gasteiger partial charge in [-0.2, -0.15) is 0 Å². The Morgan fingerprint density at radius 3 is 2.03 bits per heavy atom. The van der Waals surface area contributed by atoms with E-state index in [4.69, 9.17) is 4.98 Å². The fraction of sp³-hybridized carbons (Fsp3) is 0.148. The summed E-state index contributed by atoms with van der Waals surface area (Å²) < 4.78 is 0. The topological polar surface area (TPSA) is 49.3 Å². The van der Waals surface area contributed by atoms with Crippen molar-refractivity contribution < 1.29 is 4.79 Å². The second kappa shape index (κ2) is 9.51. The molecule has 3 aromatic carbocycles. The van der Waals surface area contributed by atoms with Gasteiger partial charge in [0.05, 0.1) is 11.3 Å². The average molecular weight is 452 g/mol. The Bertz CT molecular complexity index is 1260. The zero-order valence-corrected chi connectivity index (χ0v) is 19.4. The molecule has 1 amide bonds. The van der Waals surface area contributed by atoms with Crippen LogP contribution in [-0.2, 0) is 0 Å². The van der Waals surface area contributed by atoms with E-state index in [0.29, 0.717) is 30.2 Å². The number of piperazine rings is 1. The highest BCUT2D eigenvalue weighted by atomic mass is 31.0. The molecule has 2 heterocycles. The van der Waals surface area contributed by atoms with Crippen molar-refractivity contribution in [1.29, 1.82) is 0 Å². The van der Waals surface area contributed by atoms with Crippen molar-refractivity contribution in [3.05, 3.63) is 96.7 Å². The van der Waals surface area contributed by atoms with Crippen molar-refractivity contribution in [1.82, 2.24) is 14.9 Å². The van der Waals surface area contributed by atoms with E-state index >= 15 is 0 Å². The molecule has 0 aliphatic carbocycles. The molecule has 1 aromatic heterocycles. The van der Waals surface area contributed by atoms with E-state index < -0.39 is 0 Å². The summed E-state index contributed by atoms with van der Waals surface area (Å²) in [5, 5.41) is 1.17. The maximum absolute atomic E-state index is 13.6. The first-order valence-electron chi connectivity index (χ1n) is 11.1. The third kappa shape index (κ3) is 4.50. The van der Waals surface area contributed by atoms with Crippen molar-refractivity contribution in [2.24, 2.45) is 0 Å². The van der Waals surface area contributed by atoms with Gasteiger partial charge < -0.3 is 9.80 Å². The smallest absolute Gasteiger partial charge is 0.257 e. The third-order valence-electron chi connectivity index (χ3n) is 5.94. The van der Waals surface area contributed by atoms with Crippen LogP contribution in [0.1, 0.15) is 10.4 Å². The van der Waals surface area contributed by atoms with Crippen molar-refractivity contribution in [3.8, 4) is 22.6 Å². The van der Waals surface area contributed by atoms with Crippen LogP contribution in [0.3, 0.4) is 0 Å². The minimum atomic E-state index is -0.0210. The number of anilines is 1. The fourth-order valence-corrected chi connectivity index (χ4v) is 4.57. The van der Waals surface area contributed by atoms with Crippen molar-refractivity contribution in [2.75, 3.05) is 31.1 Å². The van der Waals surface area contributed by atoms with Gasteiger partial charge in [0.1, 0.15) is 0 Å². The normalized spacial score (nSPS) is 13.7. The second-order valence-corrected chi connectivity index (χ2v) is 8.65. The highest BCUT2D eigenvalue weighted by Crippen LogP contribution is 2.26. The van der Waals surface area contributed by atoms with E-state index in [2.05, 4.69) is 37.3 Å². The first-order valence-corrected chi connectivity index (χ1v) is 11.6. The molecule has 0 spiro atoms. The van der Waals surface area contributed by atoms with Gasteiger partial charge in [-0.15, -0.1) is 9.24 Å². The van der Waals surface area contributed by atoms with Gasteiger partial charge in [-0.05, 0) is 11.4 Å². The summed E-state index contributed by atoms with van der Waals surface area (Å²) in [7, 11) is 2.80. The maximum atomic E-state index is 13.6. The van der Waals surface area contributed by atoms with Crippen LogP contribution in [0.5, 0.6) is 0 Å². The average Bonchev–Trinajstić information content (AvgIpc) is 2.89. The van der Waals surface area contributed by atoms with Gasteiger partial charge >= 0.3 is 0 Å². The highest BCUT2D eigenvalue weighted by Gasteiger charge is 2.26. The number of para-hydroxylation sites is 1. The third-order valence-corrected chi connectivity index (χ3v) is 6.43. The summed E-state index contributed by atoms with van der Waals surface area (Å²) in [5.41, 5.74) is 4.26. The van der Waals surface area contributed by atoms with Gasteiger partial charge in [0.15, 0.2) is 5.82 Å². The number of aromatic nitrogens is 2. The predicted molar refractivity (Wildman–Crippen MR) is 137 cm³/mol. The number of nitrogens with zero attached hydrogens (tertiary/aromatic N) is 4. The molecule has 33 heavy (non-hydrogen) atoms. The SMILES string of the molecule is O=C(c1cnc(-c2ccccc2)nc1-c1ccccc1)N1CCN(c2ccccc2P)CC1. The van der Waals surface area contributed by atoms with Crippen LogP contribution in [-0.4, -0.2) is 47.0 Å². The minimum Gasteiger partial charge on any atom is -0.367 e. The van der Waals surface area contributed by atoms with Crippen LogP contribution < -0.4 is 10.2 Å². The first kappa shape index (κ1) is 21.3. The van der Waals surface area contributed by atoms with Crippen molar-refractivity contribution in [3.63, 3.8) is 0 Å². The number of carbonyl (C=O) groups excluding carboxylic acids is 1. The molecule has 1 fully saturated rings. The van der Waals surface area contributed by atoms with Gasteiger partial charge in [-0.1, -0.05) is 78.9 Å². The summed E-state index contributed by atoms with van der Waals surface area (Å²) in [6, 6.07) is 28.0. The molecule has 1 aliphatic heterocycles. The molecule has 1 atom stereocenters. The summed E-state index contributed by atoms with van der Waals surface area (Å²) in [4.78, 5) is 27.2.